The Morgan fingerprint density at radius 2 is 2.09 bits per heavy atom. The van der Waals surface area contributed by atoms with Crippen LogP contribution in [0.2, 0.25) is 0 Å². The highest BCUT2D eigenvalue weighted by Crippen LogP contribution is 1.97. The van der Waals surface area contributed by atoms with Gasteiger partial charge >= 0.3 is 0 Å². The van der Waals surface area contributed by atoms with E-state index >= 15 is 0 Å². The van der Waals surface area contributed by atoms with E-state index in [2.05, 4.69) is 0 Å². The Labute approximate surface area is 65.9 Å². The molecule has 0 rings (SSSR count). The van der Waals surface area contributed by atoms with Gasteiger partial charge in [-0.1, -0.05) is 6.42 Å². The fraction of sp³-hybridized carbons (Fsp3) is 0.714. The molecule has 0 amide bonds. The maximum absolute atomic E-state index is 10.6. The van der Waals surface area contributed by atoms with Crippen molar-refractivity contribution >= 4 is 12.1 Å². The minimum atomic E-state index is -0.626. The molecule has 0 aliphatic carbocycles. The molecule has 0 fully saturated rings. The van der Waals surface area contributed by atoms with Crippen LogP contribution in [0.15, 0.2) is 0 Å². The first-order chi connectivity index (χ1) is 5.22. The van der Waals surface area contributed by atoms with Crippen molar-refractivity contribution in [1.29, 1.82) is 0 Å². The Kier molecular flexibility index (Phi) is 5.60. The zero-order chi connectivity index (χ0) is 8.69. The maximum atomic E-state index is 10.6. The molecule has 0 saturated heterocycles. The van der Waals surface area contributed by atoms with Crippen LogP contribution in [0.25, 0.3) is 0 Å². The van der Waals surface area contributed by atoms with Crippen molar-refractivity contribution < 1.29 is 9.59 Å². The van der Waals surface area contributed by atoms with Gasteiger partial charge in [-0.2, -0.15) is 0 Å². The Bertz CT molecular complexity index is 136. The molecular formula is C7H14N2O2. The summed E-state index contributed by atoms with van der Waals surface area (Å²) < 4.78 is 0. The third-order valence-electron chi connectivity index (χ3n) is 1.45. The summed E-state index contributed by atoms with van der Waals surface area (Å²) in [6.45, 7) is 0.599. The maximum Gasteiger partial charge on any atom is 0.211 e. The molecule has 0 heterocycles. The fourth-order valence-corrected chi connectivity index (χ4v) is 0.738. The average Bonchev–Trinajstić information content (AvgIpc) is 2.03. The summed E-state index contributed by atoms with van der Waals surface area (Å²) in [6, 6.07) is -0.626. The molecule has 0 aliphatic heterocycles. The third-order valence-corrected chi connectivity index (χ3v) is 1.45. The largest absolute Gasteiger partial charge is 0.330 e. The molecule has 0 aliphatic rings. The molecule has 0 aromatic rings. The predicted molar refractivity (Wildman–Crippen MR) is 42.0 cm³/mol. The summed E-state index contributed by atoms with van der Waals surface area (Å²) in [4.78, 5) is 20.5. The summed E-state index contributed by atoms with van der Waals surface area (Å²) >= 11 is 0. The van der Waals surface area contributed by atoms with Gasteiger partial charge in [0.1, 0.15) is 0 Å². The van der Waals surface area contributed by atoms with Crippen molar-refractivity contribution in [3.8, 4) is 0 Å². The van der Waals surface area contributed by atoms with E-state index in [1.807, 2.05) is 0 Å². The van der Waals surface area contributed by atoms with Gasteiger partial charge in [-0.15, -0.1) is 0 Å². The number of carbonyl (C=O) groups is 2. The predicted octanol–water partition coefficient (Wildman–Crippen LogP) is -0.789. The molecule has 4 N–H and O–H groups in total. The van der Waals surface area contributed by atoms with E-state index in [1.165, 1.54) is 0 Å². The Hall–Kier alpha value is -0.740. The molecule has 4 heteroatoms. The monoisotopic (exact) mass is 158 g/mol. The van der Waals surface area contributed by atoms with Gasteiger partial charge in [-0.05, 0) is 19.4 Å². The summed E-state index contributed by atoms with van der Waals surface area (Å²) in [6.07, 6.45) is 2.47. The SMILES string of the molecule is NCCCCC(N)C(=O)C=O. The topological polar surface area (TPSA) is 86.2 Å². The molecule has 0 spiro atoms. The lowest BCUT2D eigenvalue weighted by molar-refractivity contribution is -0.130. The van der Waals surface area contributed by atoms with Crippen LogP contribution in [-0.4, -0.2) is 24.7 Å². The second-order valence-corrected chi connectivity index (χ2v) is 2.41. The molecule has 4 nitrogen and oxygen atoms in total. The summed E-state index contributed by atoms with van der Waals surface area (Å²) in [5.41, 5.74) is 10.6. The molecule has 0 radical (unpaired) electrons. The van der Waals surface area contributed by atoms with Crippen molar-refractivity contribution in [3.63, 3.8) is 0 Å². The number of hydrogen-bond acceptors (Lipinski definition) is 4. The molecule has 0 bridgehead atoms. The van der Waals surface area contributed by atoms with Gasteiger partial charge in [0.05, 0.1) is 6.04 Å². The van der Waals surface area contributed by atoms with Crippen molar-refractivity contribution in [2.24, 2.45) is 11.5 Å². The van der Waals surface area contributed by atoms with E-state index in [0.717, 1.165) is 12.8 Å². The number of Topliss-reactive ketones (excluding diaryl/α,β-unsaturated/α-hetero) is 1. The first kappa shape index (κ1) is 10.3. The van der Waals surface area contributed by atoms with Crippen molar-refractivity contribution in [2.45, 2.75) is 25.3 Å². The van der Waals surface area contributed by atoms with Crippen LogP contribution in [0, 0.1) is 0 Å². The number of unbranched alkanes of at least 4 members (excludes halogenated alkanes) is 1. The van der Waals surface area contributed by atoms with Gasteiger partial charge in [-0.3, -0.25) is 9.59 Å². The summed E-state index contributed by atoms with van der Waals surface area (Å²) in [5.74, 6) is -0.526. The highest BCUT2D eigenvalue weighted by molar-refractivity contribution is 6.27. The van der Waals surface area contributed by atoms with Crippen molar-refractivity contribution in [1.82, 2.24) is 0 Å². The summed E-state index contributed by atoms with van der Waals surface area (Å²) in [5, 5.41) is 0. The van der Waals surface area contributed by atoms with Crippen LogP contribution in [0.5, 0.6) is 0 Å². The second-order valence-electron chi connectivity index (χ2n) is 2.41. The zero-order valence-electron chi connectivity index (χ0n) is 6.45. The van der Waals surface area contributed by atoms with Crippen LogP contribution in [-0.2, 0) is 9.59 Å². The molecule has 0 aromatic heterocycles. The Morgan fingerprint density at radius 3 is 2.55 bits per heavy atom. The highest BCUT2D eigenvalue weighted by atomic mass is 16.2. The molecule has 1 unspecified atom stereocenters. The van der Waals surface area contributed by atoms with Crippen LogP contribution in [0.1, 0.15) is 19.3 Å². The average molecular weight is 158 g/mol. The first-order valence-electron chi connectivity index (χ1n) is 3.67. The number of hydrogen-bond donors (Lipinski definition) is 2. The number of aldehydes is 1. The van der Waals surface area contributed by atoms with Crippen LogP contribution < -0.4 is 11.5 Å². The van der Waals surface area contributed by atoms with Gasteiger partial charge < -0.3 is 11.5 Å². The smallest absolute Gasteiger partial charge is 0.211 e. The number of rotatable bonds is 6. The minimum Gasteiger partial charge on any atom is -0.330 e. The van der Waals surface area contributed by atoms with E-state index in [9.17, 15) is 9.59 Å². The van der Waals surface area contributed by atoms with Crippen LogP contribution in [0.3, 0.4) is 0 Å². The lowest BCUT2D eigenvalue weighted by Crippen LogP contribution is -2.31. The van der Waals surface area contributed by atoms with E-state index in [0.29, 0.717) is 13.0 Å². The van der Waals surface area contributed by atoms with Crippen LogP contribution >= 0.6 is 0 Å². The molecule has 1 atom stereocenters. The number of ketones is 1. The molecule has 0 saturated carbocycles. The van der Waals surface area contributed by atoms with Gasteiger partial charge in [-0.25, -0.2) is 0 Å². The fourth-order valence-electron chi connectivity index (χ4n) is 0.738. The lowest BCUT2D eigenvalue weighted by Gasteiger charge is -2.04. The quantitative estimate of drug-likeness (QED) is 0.301. The normalized spacial score (nSPS) is 12.5. The van der Waals surface area contributed by atoms with Gasteiger partial charge in [0.25, 0.3) is 0 Å². The zero-order valence-corrected chi connectivity index (χ0v) is 6.45. The highest BCUT2D eigenvalue weighted by Gasteiger charge is 2.10. The summed E-state index contributed by atoms with van der Waals surface area (Å²) in [7, 11) is 0. The lowest BCUT2D eigenvalue weighted by atomic mass is 10.1. The van der Waals surface area contributed by atoms with E-state index in [-0.39, 0.29) is 6.29 Å². The molecular weight excluding hydrogens is 144 g/mol. The first-order valence-corrected chi connectivity index (χ1v) is 3.67. The van der Waals surface area contributed by atoms with Crippen molar-refractivity contribution in [2.75, 3.05) is 6.54 Å². The van der Waals surface area contributed by atoms with Crippen LogP contribution in [0.4, 0.5) is 0 Å². The van der Waals surface area contributed by atoms with E-state index in [1.54, 1.807) is 0 Å². The minimum absolute atomic E-state index is 0.271. The van der Waals surface area contributed by atoms with Gasteiger partial charge in [0.15, 0.2) is 6.29 Å². The standard InChI is InChI=1S/C7H14N2O2/c8-4-2-1-3-6(9)7(11)5-10/h5-6H,1-4,8-9H2. The molecule has 64 valence electrons. The molecule has 11 heavy (non-hydrogen) atoms. The van der Waals surface area contributed by atoms with E-state index < -0.39 is 11.8 Å². The van der Waals surface area contributed by atoms with Gasteiger partial charge in [0, 0.05) is 0 Å². The second kappa shape index (κ2) is 6.00. The molecule has 0 aromatic carbocycles. The van der Waals surface area contributed by atoms with Gasteiger partial charge in [0.2, 0.25) is 5.78 Å². The number of nitrogens with two attached hydrogens (primary N) is 2. The third kappa shape index (κ3) is 4.64. The number of carbonyl (C=O) groups excluding carboxylic acids is 2. The van der Waals surface area contributed by atoms with E-state index in [4.69, 9.17) is 11.5 Å². The Morgan fingerprint density at radius 1 is 1.45 bits per heavy atom. The van der Waals surface area contributed by atoms with Crippen molar-refractivity contribution in [3.05, 3.63) is 0 Å². The Balaban J connectivity index is 3.43.